The fourth-order valence-electron chi connectivity index (χ4n) is 4.55. The van der Waals surface area contributed by atoms with E-state index in [0.717, 1.165) is 25.3 Å². The summed E-state index contributed by atoms with van der Waals surface area (Å²) in [6, 6.07) is 21.8. The van der Waals surface area contributed by atoms with Gasteiger partial charge in [0.05, 0.1) is 12.7 Å². The number of para-hydroxylation sites is 1. The molecule has 3 N–H and O–H groups in total. The molecule has 0 saturated carbocycles. The highest BCUT2D eigenvalue weighted by atomic mass is 16.5. The van der Waals surface area contributed by atoms with E-state index in [2.05, 4.69) is 27.8 Å². The standard InChI is InChI=1S/C30H36N4O4/c1-22-9-6-7-19-34(22)20-8-18-31-29(35)27-17-14-24(21-28(27)37-2)33-30(36)32-23-12-15-26(16-13-23)38-25-10-4-3-5-11-25/h3-5,10-17,21-22H,6-9,18-20H2,1-2H3,(H,31,35)(H2,32,33,36). The number of carbonyl (C=O) groups is 2. The van der Waals surface area contributed by atoms with Gasteiger partial charge in [-0.3, -0.25) is 4.79 Å². The third kappa shape index (κ3) is 7.73. The van der Waals surface area contributed by atoms with E-state index in [1.807, 2.05) is 30.3 Å². The van der Waals surface area contributed by atoms with Gasteiger partial charge in [-0.2, -0.15) is 0 Å². The summed E-state index contributed by atoms with van der Waals surface area (Å²) in [5.74, 6) is 1.61. The number of anilines is 2. The van der Waals surface area contributed by atoms with Gasteiger partial charge in [0, 0.05) is 36.6 Å². The van der Waals surface area contributed by atoms with Gasteiger partial charge in [0.25, 0.3) is 5.91 Å². The Bertz CT molecular complexity index is 1200. The highest BCUT2D eigenvalue weighted by Gasteiger charge is 2.18. The first-order valence-corrected chi connectivity index (χ1v) is 13.1. The van der Waals surface area contributed by atoms with Crippen LogP contribution in [0.5, 0.6) is 17.2 Å². The van der Waals surface area contributed by atoms with Crippen molar-refractivity contribution in [3.8, 4) is 17.2 Å². The second-order valence-corrected chi connectivity index (χ2v) is 9.42. The first-order valence-electron chi connectivity index (χ1n) is 13.1. The summed E-state index contributed by atoms with van der Waals surface area (Å²) < 4.78 is 11.2. The summed E-state index contributed by atoms with van der Waals surface area (Å²) in [6.07, 6.45) is 4.70. The number of benzene rings is 3. The molecule has 1 unspecified atom stereocenters. The van der Waals surface area contributed by atoms with Gasteiger partial charge in [0.15, 0.2) is 0 Å². The Kier molecular flexibility index (Phi) is 9.59. The van der Waals surface area contributed by atoms with Crippen LogP contribution in [0.2, 0.25) is 0 Å². The van der Waals surface area contributed by atoms with Crippen molar-refractivity contribution in [1.29, 1.82) is 0 Å². The number of methoxy groups -OCH3 is 1. The number of piperidine rings is 1. The van der Waals surface area contributed by atoms with Gasteiger partial charge in [-0.25, -0.2) is 4.79 Å². The average molecular weight is 517 g/mol. The van der Waals surface area contributed by atoms with Crippen molar-refractivity contribution < 1.29 is 19.1 Å². The Balaban J connectivity index is 1.25. The largest absolute Gasteiger partial charge is 0.496 e. The second kappa shape index (κ2) is 13.5. The van der Waals surface area contributed by atoms with E-state index in [1.165, 1.54) is 26.4 Å². The predicted octanol–water partition coefficient (Wildman–Crippen LogP) is 6.13. The molecule has 1 atom stereocenters. The molecule has 8 heteroatoms. The van der Waals surface area contributed by atoms with Gasteiger partial charge >= 0.3 is 6.03 Å². The van der Waals surface area contributed by atoms with Gasteiger partial charge in [0.2, 0.25) is 0 Å². The van der Waals surface area contributed by atoms with Crippen LogP contribution >= 0.6 is 0 Å². The smallest absolute Gasteiger partial charge is 0.323 e. The quantitative estimate of drug-likeness (QED) is 0.282. The number of nitrogens with zero attached hydrogens (tertiary/aromatic N) is 1. The summed E-state index contributed by atoms with van der Waals surface area (Å²) in [6.45, 7) is 5.00. The van der Waals surface area contributed by atoms with Crippen LogP contribution in [0.4, 0.5) is 16.2 Å². The molecule has 1 heterocycles. The second-order valence-electron chi connectivity index (χ2n) is 9.42. The molecule has 0 spiro atoms. The lowest BCUT2D eigenvalue weighted by molar-refractivity contribution is 0.0946. The fraction of sp³-hybridized carbons (Fsp3) is 0.333. The molecule has 0 radical (unpaired) electrons. The topological polar surface area (TPSA) is 91.9 Å². The van der Waals surface area contributed by atoms with E-state index in [0.29, 0.717) is 41.0 Å². The molecule has 3 amide bonds. The minimum atomic E-state index is -0.409. The van der Waals surface area contributed by atoms with Crippen molar-refractivity contribution in [3.05, 3.63) is 78.4 Å². The van der Waals surface area contributed by atoms with Crippen molar-refractivity contribution in [2.24, 2.45) is 0 Å². The number of amides is 3. The maximum atomic E-state index is 12.7. The third-order valence-corrected chi connectivity index (χ3v) is 6.64. The highest BCUT2D eigenvalue weighted by molar-refractivity contribution is 6.01. The number of urea groups is 1. The minimum Gasteiger partial charge on any atom is -0.496 e. The van der Waals surface area contributed by atoms with Gasteiger partial charge in [-0.15, -0.1) is 0 Å². The first kappa shape index (κ1) is 27.0. The van der Waals surface area contributed by atoms with Crippen molar-refractivity contribution in [3.63, 3.8) is 0 Å². The number of hydrogen-bond donors (Lipinski definition) is 3. The van der Waals surface area contributed by atoms with Crippen molar-refractivity contribution >= 4 is 23.3 Å². The fourth-order valence-corrected chi connectivity index (χ4v) is 4.55. The zero-order valence-corrected chi connectivity index (χ0v) is 22.0. The van der Waals surface area contributed by atoms with Crippen LogP contribution in [0, 0.1) is 0 Å². The Morgan fingerprint density at radius 1 is 0.921 bits per heavy atom. The average Bonchev–Trinajstić information content (AvgIpc) is 2.93. The summed E-state index contributed by atoms with van der Waals surface area (Å²) >= 11 is 0. The van der Waals surface area contributed by atoms with Crippen molar-refractivity contribution in [2.45, 2.75) is 38.6 Å². The van der Waals surface area contributed by atoms with Crippen LogP contribution in [-0.2, 0) is 0 Å². The van der Waals surface area contributed by atoms with Gasteiger partial charge in [-0.1, -0.05) is 24.6 Å². The number of likely N-dealkylation sites (tertiary alicyclic amines) is 1. The lowest BCUT2D eigenvalue weighted by Crippen LogP contribution is -2.39. The molecule has 4 rings (SSSR count). The zero-order chi connectivity index (χ0) is 26.7. The van der Waals surface area contributed by atoms with Gasteiger partial charge in [-0.05, 0) is 81.3 Å². The van der Waals surface area contributed by atoms with Gasteiger partial charge in [0.1, 0.15) is 17.2 Å². The molecule has 1 fully saturated rings. The van der Waals surface area contributed by atoms with Crippen LogP contribution in [0.1, 0.15) is 43.0 Å². The van der Waals surface area contributed by atoms with Crippen LogP contribution < -0.4 is 25.4 Å². The maximum absolute atomic E-state index is 12.7. The molecular formula is C30H36N4O4. The summed E-state index contributed by atoms with van der Waals surface area (Å²) in [4.78, 5) is 27.8. The molecule has 0 aliphatic carbocycles. The maximum Gasteiger partial charge on any atom is 0.323 e. The molecule has 200 valence electrons. The zero-order valence-electron chi connectivity index (χ0n) is 22.0. The molecule has 1 saturated heterocycles. The molecule has 3 aromatic carbocycles. The van der Waals surface area contributed by atoms with E-state index >= 15 is 0 Å². The molecular weight excluding hydrogens is 480 g/mol. The predicted molar refractivity (Wildman–Crippen MR) is 150 cm³/mol. The molecule has 8 nitrogen and oxygen atoms in total. The Hall–Kier alpha value is -4.04. The Morgan fingerprint density at radius 2 is 1.63 bits per heavy atom. The number of carbonyl (C=O) groups excluding carboxylic acids is 2. The minimum absolute atomic E-state index is 0.192. The molecule has 0 aromatic heterocycles. The Labute approximate surface area is 224 Å². The van der Waals surface area contributed by atoms with Gasteiger partial charge < -0.3 is 30.3 Å². The molecule has 3 aromatic rings. The molecule has 1 aliphatic rings. The lowest BCUT2D eigenvalue weighted by Gasteiger charge is -2.33. The molecule has 38 heavy (non-hydrogen) atoms. The number of ether oxygens (including phenoxy) is 2. The van der Waals surface area contributed by atoms with Crippen LogP contribution in [0.15, 0.2) is 72.8 Å². The highest BCUT2D eigenvalue weighted by Crippen LogP contribution is 2.25. The number of hydrogen-bond acceptors (Lipinski definition) is 5. The Morgan fingerprint density at radius 3 is 2.37 bits per heavy atom. The van der Waals surface area contributed by atoms with Crippen LogP contribution in [-0.4, -0.2) is 49.6 Å². The monoisotopic (exact) mass is 516 g/mol. The number of nitrogens with one attached hydrogen (secondary N) is 3. The molecule has 1 aliphatic heterocycles. The van der Waals surface area contributed by atoms with Crippen LogP contribution in [0.3, 0.4) is 0 Å². The first-order chi connectivity index (χ1) is 18.5. The van der Waals surface area contributed by atoms with E-state index in [9.17, 15) is 9.59 Å². The van der Waals surface area contributed by atoms with Crippen molar-refractivity contribution in [1.82, 2.24) is 10.2 Å². The SMILES string of the molecule is COc1cc(NC(=O)Nc2ccc(Oc3ccccc3)cc2)ccc1C(=O)NCCCN1CCCCC1C. The van der Waals surface area contributed by atoms with Crippen molar-refractivity contribution in [2.75, 3.05) is 37.4 Å². The van der Waals surface area contributed by atoms with Crippen LogP contribution in [0.25, 0.3) is 0 Å². The van der Waals surface area contributed by atoms with E-state index in [1.54, 1.807) is 42.5 Å². The number of rotatable bonds is 10. The van der Waals surface area contributed by atoms with E-state index in [-0.39, 0.29) is 5.91 Å². The summed E-state index contributed by atoms with van der Waals surface area (Å²) in [5, 5.41) is 8.56. The summed E-state index contributed by atoms with van der Waals surface area (Å²) in [5.41, 5.74) is 1.56. The molecule has 0 bridgehead atoms. The normalized spacial score (nSPS) is 15.4. The lowest BCUT2D eigenvalue weighted by atomic mass is 10.0. The third-order valence-electron chi connectivity index (χ3n) is 6.64. The van der Waals surface area contributed by atoms with E-state index < -0.39 is 6.03 Å². The van der Waals surface area contributed by atoms with E-state index in [4.69, 9.17) is 9.47 Å². The summed E-state index contributed by atoms with van der Waals surface area (Å²) in [7, 11) is 1.51.